The fourth-order valence-corrected chi connectivity index (χ4v) is 5.77. The maximum Gasteiger partial charge on any atom is 0.158 e. The summed E-state index contributed by atoms with van der Waals surface area (Å²) in [6.07, 6.45) is 0. The van der Waals surface area contributed by atoms with Gasteiger partial charge in [0.05, 0.1) is 6.04 Å². The molecule has 5 aromatic carbocycles. The minimum atomic E-state index is 0. The predicted octanol–water partition coefficient (Wildman–Crippen LogP) is 8.09. The molecule has 0 bridgehead atoms. The lowest BCUT2D eigenvalue weighted by Crippen LogP contribution is -2.22. The third-order valence-corrected chi connectivity index (χ3v) is 7.32. The minimum Gasteiger partial charge on any atom is -0.356 e. The highest BCUT2D eigenvalue weighted by molar-refractivity contribution is 8.13. The smallest absolute Gasteiger partial charge is 0.158 e. The van der Waals surface area contributed by atoms with E-state index in [4.69, 9.17) is 4.99 Å². The molecule has 0 radical (unpaired) electrons. The Hall–Kier alpha value is -3.27. The van der Waals surface area contributed by atoms with Crippen molar-refractivity contribution in [3.05, 3.63) is 132 Å². The van der Waals surface area contributed by atoms with Crippen molar-refractivity contribution >= 4 is 50.9 Å². The first-order valence-corrected chi connectivity index (χ1v) is 12.3. The van der Waals surface area contributed by atoms with Crippen molar-refractivity contribution in [3.63, 3.8) is 0 Å². The molecule has 0 fully saturated rings. The molecule has 2 nitrogen and oxygen atoms in total. The topological polar surface area (TPSA) is 24.4 Å². The van der Waals surface area contributed by atoms with Gasteiger partial charge in [-0.2, -0.15) is 0 Å². The van der Waals surface area contributed by atoms with Gasteiger partial charge in [0, 0.05) is 5.75 Å². The average molecular weight is 481 g/mol. The molecule has 1 heterocycles. The van der Waals surface area contributed by atoms with Crippen LogP contribution >= 0.6 is 24.2 Å². The molecule has 1 aliphatic rings. The van der Waals surface area contributed by atoms with E-state index in [0.29, 0.717) is 0 Å². The lowest BCUT2D eigenvalue weighted by Gasteiger charge is -2.19. The SMILES string of the molecule is Cl.c1ccc(C2N=C(SCc3c4ccccc4cc4ccccc34)NC2c2ccccc2)cc1. The van der Waals surface area contributed by atoms with E-state index in [0.717, 1.165) is 10.9 Å². The van der Waals surface area contributed by atoms with Crippen LogP contribution in [0.3, 0.4) is 0 Å². The fourth-order valence-electron chi connectivity index (χ4n) is 4.78. The Morgan fingerprint density at radius 1 is 0.647 bits per heavy atom. The van der Waals surface area contributed by atoms with Crippen molar-refractivity contribution in [2.45, 2.75) is 17.8 Å². The van der Waals surface area contributed by atoms with Crippen molar-refractivity contribution in [1.82, 2.24) is 5.32 Å². The second-order valence-corrected chi connectivity index (χ2v) is 9.37. The molecule has 0 aromatic heterocycles. The number of nitrogens with zero attached hydrogens (tertiary/aromatic N) is 1. The molecular formula is C30H25ClN2S. The van der Waals surface area contributed by atoms with Gasteiger partial charge in [0.25, 0.3) is 0 Å². The summed E-state index contributed by atoms with van der Waals surface area (Å²) in [6.45, 7) is 0. The van der Waals surface area contributed by atoms with Gasteiger partial charge in [0.1, 0.15) is 6.04 Å². The minimum absolute atomic E-state index is 0. The highest BCUT2D eigenvalue weighted by Crippen LogP contribution is 2.39. The van der Waals surface area contributed by atoms with E-state index >= 15 is 0 Å². The summed E-state index contributed by atoms with van der Waals surface area (Å²) < 4.78 is 0. The van der Waals surface area contributed by atoms with Crippen molar-refractivity contribution in [2.24, 2.45) is 4.99 Å². The monoisotopic (exact) mass is 480 g/mol. The number of rotatable bonds is 4. The van der Waals surface area contributed by atoms with Crippen LogP contribution in [0.2, 0.25) is 0 Å². The average Bonchev–Trinajstić information content (AvgIpc) is 3.32. The van der Waals surface area contributed by atoms with Gasteiger partial charge >= 0.3 is 0 Å². The molecular weight excluding hydrogens is 456 g/mol. The van der Waals surface area contributed by atoms with Crippen LogP contribution in [0.5, 0.6) is 0 Å². The van der Waals surface area contributed by atoms with Crippen LogP contribution in [-0.4, -0.2) is 5.17 Å². The summed E-state index contributed by atoms with van der Waals surface area (Å²) in [6, 6.07) is 41.2. The number of fused-ring (bicyclic) bond motifs is 2. The van der Waals surface area contributed by atoms with Gasteiger partial charge in [0.2, 0.25) is 0 Å². The molecule has 0 amide bonds. The van der Waals surface area contributed by atoms with Crippen LogP contribution in [0.4, 0.5) is 0 Å². The zero-order valence-corrected chi connectivity index (χ0v) is 20.2. The largest absolute Gasteiger partial charge is 0.356 e. The van der Waals surface area contributed by atoms with Crippen LogP contribution in [0.25, 0.3) is 21.5 Å². The van der Waals surface area contributed by atoms with Gasteiger partial charge in [-0.05, 0) is 44.3 Å². The summed E-state index contributed by atoms with van der Waals surface area (Å²) in [5.74, 6) is 0.872. The normalized spacial score (nSPS) is 17.2. The van der Waals surface area contributed by atoms with E-state index in [-0.39, 0.29) is 24.5 Å². The zero-order valence-electron chi connectivity index (χ0n) is 18.6. The van der Waals surface area contributed by atoms with E-state index in [2.05, 4.69) is 121 Å². The Kier molecular flexibility index (Phi) is 6.57. The van der Waals surface area contributed by atoms with Gasteiger partial charge in [-0.3, -0.25) is 4.99 Å². The first kappa shape index (κ1) is 22.5. The molecule has 5 aromatic rings. The van der Waals surface area contributed by atoms with Crippen LogP contribution in [0.15, 0.2) is 120 Å². The second-order valence-electron chi connectivity index (χ2n) is 8.41. The quantitative estimate of drug-likeness (QED) is 0.263. The molecule has 2 atom stereocenters. The van der Waals surface area contributed by atoms with Crippen LogP contribution < -0.4 is 5.32 Å². The maximum atomic E-state index is 5.16. The van der Waals surface area contributed by atoms with Gasteiger partial charge in [-0.15, -0.1) is 12.4 Å². The third-order valence-electron chi connectivity index (χ3n) is 6.39. The van der Waals surface area contributed by atoms with E-state index in [9.17, 15) is 0 Å². The molecule has 0 spiro atoms. The van der Waals surface area contributed by atoms with Crippen molar-refractivity contribution in [1.29, 1.82) is 0 Å². The molecule has 34 heavy (non-hydrogen) atoms. The number of amidine groups is 1. The summed E-state index contributed by atoms with van der Waals surface area (Å²) >= 11 is 1.80. The number of nitrogens with one attached hydrogen (secondary N) is 1. The Morgan fingerprint density at radius 2 is 1.18 bits per heavy atom. The highest BCUT2D eigenvalue weighted by atomic mass is 35.5. The van der Waals surface area contributed by atoms with Gasteiger partial charge < -0.3 is 5.32 Å². The first-order chi connectivity index (χ1) is 16.4. The summed E-state index contributed by atoms with van der Waals surface area (Å²) in [4.78, 5) is 5.16. The van der Waals surface area contributed by atoms with E-state index in [1.54, 1.807) is 11.8 Å². The molecule has 6 rings (SSSR count). The highest BCUT2D eigenvalue weighted by Gasteiger charge is 2.31. The Labute approximate surface area is 210 Å². The summed E-state index contributed by atoms with van der Waals surface area (Å²) in [5, 5.41) is 9.96. The van der Waals surface area contributed by atoms with Crippen LogP contribution in [-0.2, 0) is 5.75 Å². The molecule has 168 valence electrons. The van der Waals surface area contributed by atoms with Gasteiger partial charge in [0.15, 0.2) is 5.17 Å². The van der Waals surface area contributed by atoms with Crippen LogP contribution in [0.1, 0.15) is 28.8 Å². The predicted molar refractivity (Wildman–Crippen MR) is 149 cm³/mol. The zero-order chi connectivity index (χ0) is 22.0. The molecule has 1 aliphatic heterocycles. The van der Waals surface area contributed by atoms with Gasteiger partial charge in [-0.1, -0.05) is 121 Å². The lowest BCUT2D eigenvalue weighted by atomic mass is 9.95. The standard InChI is InChI=1S/C30H24N2S.ClH/c1-3-11-21(12-4-1)28-29(22-13-5-2-6-14-22)32-30(31-28)33-20-27-25-17-9-7-15-23(25)19-24-16-8-10-18-26(24)27;/h1-19,28-29H,20H2,(H,31,32);1H. The molecule has 2 unspecified atom stereocenters. The fraction of sp³-hybridized carbons (Fsp3) is 0.100. The first-order valence-electron chi connectivity index (χ1n) is 11.3. The maximum absolute atomic E-state index is 5.16. The third kappa shape index (κ3) is 4.29. The van der Waals surface area contributed by atoms with E-state index in [1.165, 1.54) is 38.2 Å². The molecule has 0 saturated heterocycles. The van der Waals surface area contributed by atoms with Crippen LogP contribution in [0, 0.1) is 0 Å². The Morgan fingerprint density at radius 3 is 1.79 bits per heavy atom. The molecule has 0 saturated carbocycles. The number of aliphatic imine (C=N–C) groups is 1. The number of benzene rings is 5. The molecule has 0 aliphatic carbocycles. The van der Waals surface area contributed by atoms with Crippen molar-refractivity contribution < 1.29 is 0 Å². The number of hydrogen-bond acceptors (Lipinski definition) is 3. The lowest BCUT2D eigenvalue weighted by molar-refractivity contribution is 0.573. The van der Waals surface area contributed by atoms with E-state index in [1.807, 2.05) is 0 Å². The van der Waals surface area contributed by atoms with Gasteiger partial charge in [-0.25, -0.2) is 0 Å². The Bertz CT molecular complexity index is 1400. The molecule has 1 N–H and O–H groups in total. The summed E-state index contributed by atoms with van der Waals surface area (Å²) in [5.41, 5.74) is 3.88. The Balaban J connectivity index is 0.00000241. The number of thioether (sulfide) groups is 1. The van der Waals surface area contributed by atoms with E-state index < -0.39 is 0 Å². The number of halogens is 1. The number of hydrogen-bond donors (Lipinski definition) is 1. The molecule has 4 heteroatoms. The summed E-state index contributed by atoms with van der Waals surface area (Å²) in [7, 11) is 0. The second kappa shape index (κ2) is 9.92. The van der Waals surface area contributed by atoms with Crippen molar-refractivity contribution in [3.8, 4) is 0 Å². The van der Waals surface area contributed by atoms with Crippen molar-refractivity contribution in [2.75, 3.05) is 0 Å².